The summed E-state index contributed by atoms with van der Waals surface area (Å²) in [6.07, 6.45) is -0.968. The van der Waals surface area contributed by atoms with E-state index in [0.717, 1.165) is 0 Å². The molecule has 0 unspecified atom stereocenters. The molecule has 0 atom stereocenters. The summed E-state index contributed by atoms with van der Waals surface area (Å²) in [5.74, 6) is -1.45. The van der Waals surface area contributed by atoms with Gasteiger partial charge in [0.25, 0.3) is 5.91 Å². The lowest BCUT2D eigenvalue weighted by molar-refractivity contribution is -0.114. The Kier molecular flexibility index (Phi) is 7.44. The minimum atomic E-state index is -0.994. The largest absolute Gasteiger partial charge is 0.462 e. The van der Waals surface area contributed by atoms with Crippen LogP contribution in [0.15, 0.2) is 29.4 Å². The fraction of sp³-hybridized carbons (Fsp3) is 0.267. The van der Waals surface area contributed by atoms with Crippen molar-refractivity contribution in [3.05, 3.63) is 29.8 Å². The molecule has 9 nitrogen and oxygen atoms in total. The van der Waals surface area contributed by atoms with Gasteiger partial charge in [0, 0.05) is 0 Å². The van der Waals surface area contributed by atoms with Crippen molar-refractivity contribution in [3.63, 3.8) is 0 Å². The highest BCUT2D eigenvalue weighted by Crippen LogP contribution is 2.10. The Morgan fingerprint density at radius 2 is 1.75 bits per heavy atom. The van der Waals surface area contributed by atoms with Gasteiger partial charge in [-0.2, -0.15) is 10.4 Å². The number of ether oxygens (including phenoxy) is 2. The first-order valence-electron chi connectivity index (χ1n) is 7.00. The number of hydrogen-bond acceptors (Lipinski definition) is 8. The Bertz CT molecular complexity index is 676. The molecule has 0 aliphatic carbocycles. The third-order valence-corrected chi connectivity index (χ3v) is 2.50. The van der Waals surface area contributed by atoms with Gasteiger partial charge in [-0.1, -0.05) is 0 Å². The van der Waals surface area contributed by atoms with E-state index in [4.69, 9.17) is 10.00 Å². The van der Waals surface area contributed by atoms with Crippen LogP contribution in [0, 0.1) is 11.3 Å². The molecule has 1 aromatic rings. The molecule has 0 aromatic heterocycles. The predicted octanol–water partition coefficient (Wildman–Crippen LogP) is 1.43. The van der Waals surface area contributed by atoms with Crippen molar-refractivity contribution in [3.8, 4) is 6.07 Å². The summed E-state index contributed by atoms with van der Waals surface area (Å²) in [6.45, 7) is 3.63. The summed E-state index contributed by atoms with van der Waals surface area (Å²) in [4.78, 5) is 34.3. The van der Waals surface area contributed by atoms with E-state index in [2.05, 4.69) is 15.3 Å². The van der Waals surface area contributed by atoms with Gasteiger partial charge in [0.15, 0.2) is 0 Å². The molecule has 126 valence electrons. The summed E-state index contributed by atoms with van der Waals surface area (Å²) < 4.78 is 9.37. The van der Waals surface area contributed by atoms with E-state index in [9.17, 15) is 14.4 Å². The fourth-order valence-corrected chi connectivity index (χ4v) is 1.46. The highest BCUT2D eigenvalue weighted by atomic mass is 16.5. The van der Waals surface area contributed by atoms with Crippen molar-refractivity contribution >= 4 is 29.4 Å². The van der Waals surface area contributed by atoms with Crippen LogP contribution in [0.5, 0.6) is 0 Å². The smallest absolute Gasteiger partial charge is 0.414 e. The first-order chi connectivity index (χ1) is 11.5. The van der Waals surface area contributed by atoms with Crippen LogP contribution in [0.25, 0.3) is 0 Å². The van der Waals surface area contributed by atoms with E-state index in [1.54, 1.807) is 19.9 Å². The Labute approximate surface area is 138 Å². The number of hydrogen-bond donors (Lipinski definition) is 2. The number of carbonyl (C=O) groups excluding carboxylic acids is 3. The maximum Gasteiger partial charge on any atom is 0.414 e. The lowest BCUT2D eigenvalue weighted by Crippen LogP contribution is -2.36. The van der Waals surface area contributed by atoms with Gasteiger partial charge in [0.05, 0.1) is 24.5 Å². The van der Waals surface area contributed by atoms with Crippen LogP contribution in [0.4, 0.5) is 10.5 Å². The first-order valence-corrected chi connectivity index (χ1v) is 7.00. The molecular formula is C15H16N4O5. The molecule has 0 aliphatic heterocycles. The second kappa shape index (κ2) is 9.58. The number of esters is 1. The summed E-state index contributed by atoms with van der Waals surface area (Å²) in [5, 5.41) is 14.4. The molecule has 0 bridgehead atoms. The molecule has 2 N–H and O–H groups in total. The van der Waals surface area contributed by atoms with Crippen molar-refractivity contribution in [1.82, 2.24) is 5.32 Å². The van der Waals surface area contributed by atoms with Gasteiger partial charge < -0.3 is 9.47 Å². The standard InChI is InChI=1S/C15H16N4O5/c1-3-23-14(21)10-5-7-11(8-6-10)18-19-12(9-16)13(20)17-15(22)24-4-2/h5-8,18H,3-4H2,1-2H3,(H,17,20,22)/b19-12+. The minimum absolute atomic E-state index is 0.0865. The highest BCUT2D eigenvalue weighted by molar-refractivity contribution is 6.46. The number of nitrogens with zero attached hydrogens (tertiary/aromatic N) is 2. The second-order valence-electron chi connectivity index (χ2n) is 4.16. The SMILES string of the molecule is CCOC(=O)NC(=O)/C(C#N)=N/Nc1ccc(C(=O)OCC)cc1. The van der Waals surface area contributed by atoms with Crippen molar-refractivity contribution in [2.45, 2.75) is 13.8 Å². The van der Waals surface area contributed by atoms with Crippen molar-refractivity contribution in [1.29, 1.82) is 5.26 Å². The molecule has 0 heterocycles. The number of anilines is 1. The lowest BCUT2D eigenvalue weighted by atomic mass is 10.2. The maximum absolute atomic E-state index is 11.6. The van der Waals surface area contributed by atoms with Crippen molar-refractivity contribution < 1.29 is 23.9 Å². The number of imide groups is 1. The normalized spacial score (nSPS) is 10.3. The number of nitriles is 1. The molecule has 0 radical (unpaired) electrons. The second-order valence-corrected chi connectivity index (χ2v) is 4.16. The Morgan fingerprint density at radius 3 is 2.29 bits per heavy atom. The molecule has 1 aromatic carbocycles. The molecule has 1 rings (SSSR count). The van der Waals surface area contributed by atoms with E-state index in [1.807, 2.05) is 5.32 Å². The van der Waals surface area contributed by atoms with E-state index >= 15 is 0 Å². The highest BCUT2D eigenvalue weighted by Gasteiger charge is 2.15. The van der Waals surface area contributed by atoms with E-state index < -0.39 is 23.7 Å². The third-order valence-electron chi connectivity index (χ3n) is 2.50. The third kappa shape index (κ3) is 5.76. The molecule has 24 heavy (non-hydrogen) atoms. The van der Waals surface area contributed by atoms with Gasteiger partial charge in [-0.15, -0.1) is 0 Å². The summed E-state index contributed by atoms with van der Waals surface area (Å²) >= 11 is 0. The van der Waals surface area contributed by atoms with Crippen LogP contribution in [-0.2, 0) is 14.3 Å². The molecule has 0 saturated carbocycles. The zero-order chi connectivity index (χ0) is 17.9. The topological polar surface area (TPSA) is 130 Å². The molecular weight excluding hydrogens is 316 g/mol. The molecule has 0 spiro atoms. The summed E-state index contributed by atoms with van der Waals surface area (Å²) in [6, 6.07) is 7.60. The van der Waals surface area contributed by atoms with Gasteiger partial charge >= 0.3 is 12.1 Å². The number of amides is 2. The maximum atomic E-state index is 11.6. The lowest BCUT2D eigenvalue weighted by Gasteiger charge is -2.05. The predicted molar refractivity (Wildman–Crippen MR) is 84.2 cm³/mol. The van der Waals surface area contributed by atoms with Crippen LogP contribution in [0.3, 0.4) is 0 Å². The van der Waals surface area contributed by atoms with Crippen LogP contribution in [0.2, 0.25) is 0 Å². The monoisotopic (exact) mass is 332 g/mol. The molecule has 0 fully saturated rings. The number of nitrogens with one attached hydrogen (secondary N) is 2. The Balaban J connectivity index is 2.71. The van der Waals surface area contributed by atoms with E-state index in [0.29, 0.717) is 11.3 Å². The summed E-state index contributed by atoms with van der Waals surface area (Å²) in [5.41, 5.74) is 2.71. The van der Waals surface area contributed by atoms with Gasteiger partial charge in [0.2, 0.25) is 5.71 Å². The number of rotatable bonds is 6. The zero-order valence-corrected chi connectivity index (χ0v) is 13.2. The van der Waals surface area contributed by atoms with Crippen molar-refractivity contribution in [2.75, 3.05) is 18.6 Å². The average molecular weight is 332 g/mol. The van der Waals surface area contributed by atoms with Crippen LogP contribution < -0.4 is 10.7 Å². The number of carbonyl (C=O) groups is 3. The Hall–Kier alpha value is -3.41. The number of alkyl carbamates (subject to hydrolysis) is 1. The first kappa shape index (κ1) is 18.6. The van der Waals surface area contributed by atoms with Crippen LogP contribution >= 0.6 is 0 Å². The van der Waals surface area contributed by atoms with Gasteiger partial charge in [-0.05, 0) is 38.1 Å². The van der Waals surface area contributed by atoms with Gasteiger partial charge in [-0.25, -0.2) is 9.59 Å². The van der Waals surface area contributed by atoms with Gasteiger partial charge in [0.1, 0.15) is 6.07 Å². The van der Waals surface area contributed by atoms with E-state index in [1.165, 1.54) is 24.3 Å². The average Bonchev–Trinajstić information content (AvgIpc) is 2.56. The van der Waals surface area contributed by atoms with Crippen LogP contribution in [0.1, 0.15) is 24.2 Å². The quantitative estimate of drug-likeness (QED) is 0.458. The minimum Gasteiger partial charge on any atom is -0.462 e. The molecule has 2 amide bonds. The van der Waals surface area contributed by atoms with Gasteiger partial charge in [-0.3, -0.25) is 15.5 Å². The molecule has 0 saturated heterocycles. The number of hydrazone groups is 1. The molecule has 9 heteroatoms. The zero-order valence-electron chi connectivity index (χ0n) is 13.2. The molecule has 0 aliphatic rings. The Morgan fingerprint density at radius 1 is 1.12 bits per heavy atom. The van der Waals surface area contributed by atoms with Crippen molar-refractivity contribution in [2.24, 2.45) is 5.10 Å². The summed E-state index contributed by atoms with van der Waals surface area (Å²) in [7, 11) is 0. The number of benzene rings is 1. The fourth-order valence-electron chi connectivity index (χ4n) is 1.46. The van der Waals surface area contributed by atoms with Crippen LogP contribution in [-0.4, -0.2) is 36.9 Å². The van der Waals surface area contributed by atoms with E-state index in [-0.39, 0.29) is 13.2 Å².